The summed E-state index contributed by atoms with van der Waals surface area (Å²) in [6.45, 7) is -0.790. The van der Waals surface area contributed by atoms with Crippen LogP contribution in [0.25, 0.3) is 0 Å². The lowest BCUT2D eigenvalue weighted by atomic mass is 10.2. The van der Waals surface area contributed by atoms with Crippen LogP contribution in [-0.2, 0) is 27.4 Å². The number of rotatable bonds is 4. The molecule has 0 fully saturated rings. The van der Waals surface area contributed by atoms with Gasteiger partial charge in [-0.25, -0.2) is 8.42 Å². The van der Waals surface area contributed by atoms with Crippen molar-refractivity contribution in [3.05, 3.63) is 56.4 Å². The fourth-order valence-corrected chi connectivity index (χ4v) is 3.09. The van der Waals surface area contributed by atoms with Gasteiger partial charge >= 0.3 is 6.18 Å². The van der Waals surface area contributed by atoms with Crippen molar-refractivity contribution in [3.8, 4) is 0 Å². The summed E-state index contributed by atoms with van der Waals surface area (Å²) >= 11 is 11.4. The van der Waals surface area contributed by atoms with Crippen molar-refractivity contribution >= 4 is 44.6 Å². The van der Waals surface area contributed by atoms with E-state index in [4.69, 9.17) is 23.2 Å². The zero-order valence-electron chi connectivity index (χ0n) is 13.5. The SMILES string of the molecule is CS(=O)(=O)c1ccc(Cl)c(NC(=O)Cn2cc(C(F)(F)F)cc(Cl)c2=O)c1. The standard InChI is InChI=1S/C15H11Cl2F3N2O4S/c1-27(25,26)9-2-3-10(16)12(5-9)21-13(23)7-22-6-8(15(18,19)20)4-11(17)14(22)24/h2-6H,7H2,1H3,(H,21,23). The Labute approximate surface area is 161 Å². The average molecular weight is 443 g/mol. The normalized spacial score (nSPS) is 12.1. The number of sulfone groups is 1. The first kappa shape index (κ1) is 21.3. The van der Waals surface area contributed by atoms with Gasteiger partial charge in [-0.05, 0) is 24.3 Å². The number of carbonyl (C=O) groups is 1. The Morgan fingerprint density at radius 3 is 2.37 bits per heavy atom. The molecule has 0 spiro atoms. The van der Waals surface area contributed by atoms with E-state index in [-0.39, 0.29) is 15.6 Å². The first-order valence-electron chi connectivity index (χ1n) is 7.05. The zero-order valence-corrected chi connectivity index (χ0v) is 15.8. The Hall–Kier alpha value is -2.04. The highest BCUT2D eigenvalue weighted by Gasteiger charge is 2.32. The van der Waals surface area contributed by atoms with E-state index < -0.39 is 44.6 Å². The van der Waals surface area contributed by atoms with Crippen LogP contribution in [0, 0.1) is 0 Å². The Bertz CT molecular complexity index is 1070. The minimum absolute atomic E-state index is 0.00479. The number of benzene rings is 1. The average Bonchev–Trinajstić information content (AvgIpc) is 2.51. The first-order chi connectivity index (χ1) is 12.3. The molecule has 0 atom stereocenters. The van der Waals surface area contributed by atoms with Gasteiger partial charge < -0.3 is 9.88 Å². The molecular weight excluding hydrogens is 432 g/mol. The maximum absolute atomic E-state index is 12.8. The second-order valence-corrected chi connectivity index (χ2v) is 8.30. The Morgan fingerprint density at radius 2 is 1.81 bits per heavy atom. The molecule has 1 aromatic heterocycles. The van der Waals surface area contributed by atoms with Crippen LogP contribution in [-0.4, -0.2) is 25.1 Å². The number of anilines is 1. The fourth-order valence-electron chi connectivity index (χ4n) is 2.05. The van der Waals surface area contributed by atoms with Crippen LogP contribution in [0.1, 0.15) is 5.56 Å². The molecule has 0 unspecified atom stereocenters. The van der Waals surface area contributed by atoms with E-state index in [0.29, 0.717) is 16.8 Å². The molecule has 12 heteroatoms. The van der Waals surface area contributed by atoms with Crippen molar-refractivity contribution in [1.29, 1.82) is 0 Å². The molecule has 146 valence electrons. The topological polar surface area (TPSA) is 85.2 Å². The third-order valence-corrected chi connectivity index (χ3v) is 5.03. The van der Waals surface area contributed by atoms with Crippen LogP contribution >= 0.6 is 23.2 Å². The van der Waals surface area contributed by atoms with Crippen molar-refractivity contribution in [2.75, 3.05) is 11.6 Å². The highest BCUT2D eigenvalue weighted by Crippen LogP contribution is 2.30. The predicted octanol–water partition coefficient (Wildman–Crippen LogP) is 3.22. The summed E-state index contributed by atoms with van der Waals surface area (Å²) in [5, 5.41) is 1.56. The maximum Gasteiger partial charge on any atom is 0.417 e. The molecule has 0 aliphatic carbocycles. The Kier molecular flexibility index (Phi) is 5.93. The maximum atomic E-state index is 12.8. The molecule has 0 aliphatic heterocycles. The number of carbonyl (C=O) groups excluding carboxylic acids is 1. The molecule has 1 aromatic carbocycles. The molecule has 0 aliphatic rings. The lowest BCUT2D eigenvalue weighted by molar-refractivity contribution is -0.138. The molecule has 6 nitrogen and oxygen atoms in total. The lowest BCUT2D eigenvalue weighted by Crippen LogP contribution is -2.29. The van der Waals surface area contributed by atoms with E-state index in [0.717, 1.165) is 12.3 Å². The van der Waals surface area contributed by atoms with Gasteiger partial charge in [-0.15, -0.1) is 0 Å². The van der Waals surface area contributed by atoms with Crippen molar-refractivity contribution in [1.82, 2.24) is 4.57 Å². The largest absolute Gasteiger partial charge is 0.417 e. The van der Waals surface area contributed by atoms with E-state index in [1.54, 1.807) is 0 Å². The van der Waals surface area contributed by atoms with Gasteiger partial charge in [0.05, 0.1) is 21.2 Å². The second kappa shape index (κ2) is 7.53. The van der Waals surface area contributed by atoms with Gasteiger partial charge in [0, 0.05) is 12.5 Å². The molecule has 2 aromatic rings. The lowest BCUT2D eigenvalue weighted by Gasteiger charge is -2.13. The van der Waals surface area contributed by atoms with Crippen molar-refractivity contribution in [3.63, 3.8) is 0 Å². The number of pyridine rings is 1. The summed E-state index contributed by atoms with van der Waals surface area (Å²) in [4.78, 5) is 23.9. The molecule has 1 heterocycles. The van der Waals surface area contributed by atoms with Crippen molar-refractivity contribution in [2.45, 2.75) is 17.6 Å². The molecule has 0 saturated carbocycles. The third-order valence-electron chi connectivity index (χ3n) is 3.32. The number of alkyl halides is 3. The van der Waals surface area contributed by atoms with E-state index >= 15 is 0 Å². The fraction of sp³-hybridized carbons (Fsp3) is 0.200. The summed E-state index contributed by atoms with van der Waals surface area (Å²) in [7, 11) is -3.58. The summed E-state index contributed by atoms with van der Waals surface area (Å²) in [5.74, 6) is -0.903. The smallest absolute Gasteiger partial charge is 0.323 e. The number of halogens is 5. The molecule has 1 amide bonds. The van der Waals surface area contributed by atoms with Gasteiger partial charge in [0.25, 0.3) is 5.56 Å². The molecule has 2 rings (SSSR count). The quantitative estimate of drug-likeness (QED) is 0.787. The summed E-state index contributed by atoms with van der Waals surface area (Å²) in [6, 6.07) is 4.02. The van der Waals surface area contributed by atoms with Gasteiger partial charge in [-0.2, -0.15) is 13.2 Å². The van der Waals surface area contributed by atoms with Crippen LogP contribution in [0.5, 0.6) is 0 Å². The van der Waals surface area contributed by atoms with Crippen LogP contribution in [0.3, 0.4) is 0 Å². The third kappa shape index (κ3) is 5.24. The van der Waals surface area contributed by atoms with Crippen molar-refractivity contribution < 1.29 is 26.4 Å². The van der Waals surface area contributed by atoms with Gasteiger partial charge in [0.2, 0.25) is 5.91 Å². The minimum atomic E-state index is -4.76. The molecule has 0 radical (unpaired) electrons. The number of nitrogens with one attached hydrogen (secondary N) is 1. The van der Waals surface area contributed by atoms with Crippen LogP contribution in [0.4, 0.5) is 18.9 Å². The Balaban J connectivity index is 2.32. The predicted molar refractivity (Wildman–Crippen MR) is 93.9 cm³/mol. The van der Waals surface area contributed by atoms with E-state index in [1.807, 2.05) is 0 Å². The van der Waals surface area contributed by atoms with Crippen LogP contribution < -0.4 is 10.9 Å². The Morgan fingerprint density at radius 1 is 1.19 bits per heavy atom. The molecule has 0 bridgehead atoms. The molecule has 0 saturated heterocycles. The molecule has 1 N–H and O–H groups in total. The van der Waals surface area contributed by atoms with Gasteiger partial charge in [-0.3, -0.25) is 9.59 Å². The van der Waals surface area contributed by atoms with E-state index in [9.17, 15) is 31.2 Å². The van der Waals surface area contributed by atoms with Gasteiger partial charge in [0.1, 0.15) is 11.6 Å². The van der Waals surface area contributed by atoms with E-state index in [1.165, 1.54) is 12.1 Å². The summed E-state index contributed by atoms with van der Waals surface area (Å²) in [5.41, 5.74) is -2.26. The summed E-state index contributed by atoms with van der Waals surface area (Å²) < 4.78 is 62.1. The highest BCUT2D eigenvalue weighted by atomic mass is 35.5. The minimum Gasteiger partial charge on any atom is -0.323 e. The van der Waals surface area contributed by atoms with Crippen LogP contribution in [0.2, 0.25) is 10.0 Å². The molecular formula is C15H11Cl2F3N2O4S. The highest BCUT2D eigenvalue weighted by molar-refractivity contribution is 7.90. The monoisotopic (exact) mass is 442 g/mol. The van der Waals surface area contributed by atoms with Crippen LogP contribution in [0.15, 0.2) is 40.2 Å². The first-order valence-corrected chi connectivity index (χ1v) is 9.70. The molecule has 27 heavy (non-hydrogen) atoms. The van der Waals surface area contributed by atoms with E-state index in [2.05, 4.69) is 5.32 Å². The number of aromatic nitrogens is 1. The summed E-state index contributed by atoms with van der Waals surface area (Å²) in [6.07, 6.45) is -3.35. The van der Waals surface area contributed by atoms with Gasteiger partial charge in [0.15, 0.2) is 9.84 Å². The van der Waals surface area contributed by atoms with Gasteiger partial charge in [-0.1, -0.05) is 23.2 Å². The number of hydrogen-bond donors (Lipinski definition) is 1. The second-order valence-electron chi connectivity index (χ2n) is 5.47. The van der Waals surface area contributed by atoms with Crippen molar-refractivity contribution in [2.24, 2.45) is 0 Å². The number of amides is 1. The number of hydrogen-bond acceptors (Lipinski definition) is 4. The number of nitrogens with zero attached hydrogens (tertiary/aromatic N) is 1. The zero-order chi connectivity index (χ0) is 20.6.